The molecule has 2 nitrogen and oxygen atoms in total. The Labute approximate surface area is 95.4 Å². The fraction of sp³-hybridized carbons (Fsp3) is 1.00. The molecule has 1 rings (SSSR count). The van der Waals surface area contributed by atoms with Crippen LogP contribution in [0.25, 0.3) is 0 Å². The van der Waals surface area contributed by atoms with Crippen molar-refractivity contribution in [1.82, 2.24) is 10.2 Å². The Morgan fingerprint density at radius 2 is 2.00 bits per heavy atom. The smallest absolute Gasteiger partial charge is 0.0153 e. The minimum absolute atomic E-state index is 0.387. The van der Waals surface area contributed by atoms with Gasteiger partial charge in [0.15, 0.2) is 0 Å². The van der Waals surface area contributed by atoms with Crippen LogP contribution in [0.2, 0.25) is 0 Å². The molecule has 0 atom stereocenters. The van der Waals surface area contributed by atoms with E-state index in [0.29, 0.717) is 11.0 Å². The molecule has 0 bridgehead atoms. The lowest BCUT2D eigenvalue weighted by Crippen LogP contribution is -2.46. The average Bonchev–Trinajstić information content (AvgIpc) is 2.42. The van der Waals surface area contributed by atoms with E-state index in [9.17, 15) is 0 Å². The highest BCUT2D eigenvalue weighted by molar-refractivity contribution is 4.91. The van der Waals surface area contributed by atoms with E-state index in [0.717, 1.165) is 13.1 Å². The van der Waals surface area contributed by atoms with E-state index in [1.807, 2.05) is 0 Å². The molecule has 0 aromatic heterocycles. The van der Waals surface area contributed by atoms with Gasteiger partial charge in [-0.1, -0.05) is 20.8 Å². The summed E-state index contributed by atoms with van der Waals surface area (Å²) in [5, 5.41) is 3.46. The van der Waals surface area contributed by atoms with Gasteiger partial charge in [0, 0.05) is 18.6 Å². The van der Waals surface area contributed by atoms with Crippen LogP contribution in [-0.2, 0) is 0 Å². The van der Waals surface area contributed by atoms with Crippen LogP contribution in [0.4, 0.5) is 0 Å². The molecule has 0 aliphatic carbocycles. The number of hydrogen-bond donors (Lipinski definition) is 1. The zero-order valence-electron chi connectivity index (χ0n) is 11.2. The third-order valence-corrected chi connectivity index (χ3v) is 3.55. The molecule has 1 aliphatic heterocycles. The van der Waals surface area contributed by atoms with Crippen LogP contribution in [0.5, 0.6) is 0 Å². The van der Waals surface area contributed by atoms with Crippen molar-refractivity contribution in [2.75, 3.05) is 26.2 Å². The van der Waals surface area contributed by atoms with Gasteiger partial charge in [-0.05, 0) is 45.2 Å². The summed E-state index contributed by atoms with van der Waals surface area (Å²) in [6.45, 7) is 16.4. The third kappa shape index (κ3) is 3.76. The Hall–Kier alpha value is -0.0800. The van der Waals surface area contributed by atoms with E-state index < -0.39 is 0 Å². The van der Waals surface area contributed by atoms with E-state index in [2.05, 4.69) is 44.8 Å². The first-order chi connectivity index (χ1) is 6.87. The lowest BCUT2D eigenvalue weighted by atomic mass is 9.90. The molecule has 0 saturated carbocycles. The number of nitrogens with zero attached hydrogens (tertiary/aromatic N) is 1. The third-order valence-electron chi connectivity index (χ3n) is 3.55. The molecule has 0 spiro atoms. The Bertz CT molecular complexity index is 197. The Balaban J connectivity index is 2.45. The van der Waals surface area contributed by atoms with Crippen molar-refractivity contribution in [3.63, 3.8) is 0 Å². The average molecular weight is 212 g/mol. The molecule has 0 radical (unpaired) electrons. The molecule has 0 amide bonds. The zero-order chi connectivity index (χ0) is 11.5. The van der Waals surface area contributed by atoms with Gasteiger partial charge < -0.3 is 5.32 Å². The minimum atomic E-state index is 0.387. The summed E-state index contributed by atoms with van der Waals surface area (Å²) in [7, 11) is 0. The molecule has 15 heavy (non-hydrogen) atoms. The van der Waals surface area contributed by atoms with Crippen LogP contribution in [0, 0.1) is 5.41 Å². The number of rotatable bonds is 5. The monoisotopic (exact) mass is 212 g/mol. The maximum atomic E-state index is 3.46. The van der Waals surface area contributed by atoms with E-state index in [4.69, 9.17) is 0 Å². The minimum Gasteiger partial charge on any atom is -0.316 e. The highest BCUT2D eigenvalue weighted by Crippen LogP contribution is 2.31. The van der Waals surface area contributed by atoms with E-state index in [-0.39, 0.29) is 0 Å². The predicted molar refractivity (Wildman–Crippen MR) is 67.2 cm³/mol. The molecule has 1 aliphatic rings. The summed E-state index contributed by atoms with van der Waals surface area (Å²) in [6, 6.07) is 0. The molecular weight excluding hydrogens is 184 g/mol. The quantitative estimate of drug-likeness (QED) is 0.753. The highest BCUT2D eigenvalue weighted by Gasteiger charge is 2.35. The maximum Gasteiger partial charge on any atom is 0.0153 e. The van der Waals surface area contributed by atoms with Crippen LogP contribution >= 0.6 is 0 Å². The zero-order valence-corrected chi connectivity index (χ0v) is 11.2. The van der Waals surface area contributed by atoms with Gasteiger partial charge in [0.25, 0.3) is 0 Å². The second kappa shape index (κ2) is 4.84. The van der Waals surface area contributed by atoms with Gasteiger partial charge in [-0.15, -0.1) is 0 Å². The fourth-order valence-corrected chi connectivity index (χ4v) is 2.49. The summed E-state index contributed by atoms with van der Waals surface area (Å²) in [5.41, 5.74) is 0.807. The Morgan fingerprint density at radius 1 is 1.33 bits per heavy atom. The molecule has 0 aromatic rings. The lowest BCUT2D eigenvalue weighted by molar-refractivity contribution is 0.113. The topological polar surface area (TPSA) is 15.3 Å². The van der Waals surface area contributed by atoms with E-state index in [1.165, 1.54) is 25.9 Å². The van der Waals surface area contributed by atoms with Crippen molar-refractivity contribution >= 4 is 0 Å². The van der Waals surface area contributed by atoms with Crippen molar-refractivity contribution < 1.29 is 0 Å². The number of nitrogens with one attached hydrogen (secondary N) is 1. The SMILES string of the molecule is CCNCC(C)(C)CN1CCCC1(C)C. The van der Waals surface area contributed by atoms with E-state index >= 15 is 0 Å². The Kier molecular flexibility index (Phi) is 4.19. The van der Waals surface area contributed by atoms with E-state index in [1.54, 1.807) is 0 Å². The molecular formula is C13H28N2. The molecule has 1 saturated heterocycles. The summed E-state index contributed by atoms with van der Waals surface area (Å²) in [6.07, 6.45) is 2.72. The van der Waals surface area contributed by atoms with Gasteiger partial charge in [0.05, 0.1) is 0 Å². The van der Waals surface area contributed by atoms with Crippen LogP contribution in [0.15, 0.2) is 0 Å². The number of hydrogen-bond acceptors (Lipinski definition) is 2. The second-order valence-corrected chi connectivity index (χ2v) is 6.28. The van der Waals surface area contributed by atoms with Gasteiger partial charge in [0.2, 0.25) is 0 Å². The van der Waals surface area contributed by atoms with Crippen molar-refractivity contribution in [2.24, 2.45) is 5.41 Å². The van der Waals surface area contributed by atoms with Gasteiger partial charge >= 0.3 is 0 Å². The first-order valence-electron chi connectivity index (χ1n) is 6.33. The number of likely N-dealkylation sites (tertiary alicyclic amines) is 1. The molecule has 90 valence electrons. The van der Waals surface area contributed by atoms with Crippen LogP contribution in [0.1, 0.15) is 47.5 Å². The summed E-state index contributed by atoms with van der Waals surface area (Å²) in [4.78, 5) is 2.66. The molecule has 2 heteroatoms. The van der Waals surface area contributed by atoms with Crippen molar-refractivity contribution in [3.8, 4) is 0 Å². The molecule has 0 unspecified atom stereocenters. The summed E-state index contributed by atoms with van der Waals surface area (Å²) >= 11 is 0. The van der Waals surface area contributed by atoms with Gasteiger partial charge in [-0.25, -0.2) is 0 Å². The molecule has 1 heterocycles. The lowest BCUT2D eigenvalue weighted by Gasteiger charge is -2.38. The van der Waals surface area contributed by atoms with Crippen LogP contribution in [0.3, 0.4) is 0 Å². The predicted octanol–water partition coefficient (Wildman–Crippen LogP) is 2.50. The van der Waals surface area contributed by atoms with Crippen molar-refractivity contribution in [3.05, 3.63) is 0 Å². The van der Waals surface area contributed by atoms with Crippen molar-refractivity contribution in [1.29, 1.82) is 0 Å². The maximum absolute atomic E-state index is 3.46. The standard InChI is InChI=1S/C13H28N2/c1-6-14-10-12(2,3)11-15-9-7-8-13(15,4)5/h14H,6-11H2,1-5H3. The first kappa shape index (κ1) is 13.0. The highest BCUT2D eigenvalue weighted by atomic mass is 15.2. The summed E-state index contributed by atoms with van der Waals surface area (Å²) in [5.74, 6) is 0. The van der Waals surface area contributed by atoms with Gasteiger partial charge in [-0.2, -0.15) is 0 Å². The van der Waals surface area contributed by atoms with Gasteiger partial charge in [0.1, 0.15) is 0 Å². The van der Waals surface area contributed by atoms with Crippen LogP contribution in [-0.4, -0.2) is 36.6 Å². The summed E-state index contributed by atoms with van der Waals surface area (Å²) < 4.78 is 0. The molecule has 1 N–H and O–H groups in total. The fourth-order valence-electron chi connectivity index (χ4n) is 2.49. The molecule has 0 aromatic carbocycles. The largest absolute Gasteiger partial charge is 0.316 e. The second-order valence-electron chi connectivity index (χ2n) is 6.28. The van der Waals surface area contributed by atoms with Crippen LogP contribution < -0.4 is 5.32 Å². The van der Waals surface area contributed by atoms with Crippen molar-refractivity contribution in [2.45, 2.75) is 53.0 Å². The van der Waals surface area contributed by atoms with Gasteiger partial charge in [-0.3, -0.25) is 4.90 Å². The Morgan fingerprint density at radius 3 is 2.47 bits per heavy atom. The molecule has 1 fully saturated rings. The normalized spacial score (nSPS) is 22.2. The first-order valence-corrected chi connectivity index (χ1v) is 6.33.